The molecule has 1 atom stereocenters. The highest BCUT2D eigenvalue weighted by Crippen LogP contribution is 2.16. The fraction of sp³-hybridized carbons (Fsp3) is 0.385. The molecule has 0 aliphatic rings. The topological polar surface area (TPSA) is 55.4 Å². The van der Waals surface area contributed by atoms with Crippen LogP contribution in [0, 0.1) is 13.8 Å². The Morgan fingerprint density at radius 1 is 1.29 bits per heavy atom. The number of carbonyl (C=O) groups is 2. The first-order valence-corrected chi connectivity index (χ1v) is 5.45. The third kappa shape index (κ3) is 3.90. The van der Waals surface area contributed by atoms with Crippen molar-refractivity contribution in [3.05, 3.63) is 29.3 Å². The summed E-state index contributed by atoms with van der Waals surface area (Å²) in [4.78, 5) is 22.4. The Hall–Kier alpha value is -1.84. The van der Waals surface area contributed by atoms with Gasteiger partial charge in [-0.05, 0) is 32.4 Å². The molecule has 4 nitrogen and oxygen atoms in total. The normalized spacial score (nSPS) is 11.8. The summed E-state index contributed by atoms with van der Waals surface area (Å²) < 4.78 is 4.80. The number of esters is 1. The van der Waals surface area contributed by atoms with Gasteiger partial charge in [-0.2, -0.15) is 0 Å². The first-order valence-electron chi connectivity index (χ1n) is 5.45. The van der Waals surface area contributed by atoms with E-state index in [2.05, 4.69) is 5.32 Å². The van der Waals surface area contributed by atoms with Crippen LogP contribution >= 0.6 is 0 Å². The fourth-order valence-electron chi connectivity index (χ4n) is 1.49. The van der Waals surface area contributed by atoms with Crippen LogP contribution in [-0.4, -0.2) is 18.0 Å². The SMILES string of the molecule is CC(=O)O[C@@H](C)C(=O)Nc1ccc(C)cc1C. The monoisotopic (exact) mass is 235 g/mol. The maximum Gasteiger partial charge on any atom is 0.303 e. The van der Waals surface area contributed by atoms with Crippen molar-refractivity contribution in [2.75, 3.05) is 5.32 Å². The van der Waals surface area contributed by atoms with E-state index in [9.17, 15) is 9.59 Å². The predicted molar refractivity (Wildman–Crippen MR) is 65.8 cm³/mol. The summed E-state index contributed by atoms with van der Waals surface area (Å²) in [5.74, 6) is -0.791. The zero-order chi connectivity index (χ0) is 13.0. The van der Waals surface area contributed by atoms with E-state index in [4.69, 9.17) is 4.74 Å². The van der Waals surface area contributed by atoms with Gasteiger partial charge < -0.3 is 10.1 Å². The molecule has 0 aliphatic carbocycles. The van der Waals surface area contributed by atoms with Gasteiger partial charge >= 0.3 is 5.97 Å². The maximum atomic E-state index is 11.7. The minimum Gasteiger partial charge on any atom is -0.453 e. The van der Waals surface area contributed by atoms with Crippen molar-refractivity contribution in [2.24, 2.45) is 0 Å². The molecule has 17 heavy (non-hydrogen) atoms. The molecule has 1 aromatic rings. The van der Waals surface area contributed by atoms with Crippen LogP contribution in [-0.2, 0) is 14.3 Å². The number of carbonyl (C=O) groups excluding carboxylic acids is 2. The highest BCUT2D eigenvalue weighted by Gasteiger charge is 2.16. The summed E-state index contributed by atoms with van der Waals surface area (Å²) in [5, 5.41) is 2.73. The van der Waals surface area contributed by atoms with Gasteiger partial charge in [0.1, 0.15) is 0 Å². The number of anilines is 1. The lowest BCUT2D eigenvalue weighted by atomic mass is 10.1. The third-order valence-electron chi connectivity index (χ3n) is 2.35. The van der Waals surface area contributed by atoms with Crippen molar-refractivity contribution >= 4 is 17.6 Å². The van der Waals surface area contributed by atoms with E-state index in [1.807, 2.05) is 32.0 Å². The van der Waals surface area contributed by atoms with E-state index in [0.29, 0.717) is 0 Å². The van der Waals surface area contributed by atoms with Crippen molar-refractivity contribution < 1.29 is 14.3 Å². The second kappa shape index (κ2) is 5.48. The predicted octanol–water partition coefficient (Wildman–Crippen LogP) is 2.19. The van der Waals surface area contributed by atoms with Crippen molar-refractivity contribution in [2.45, 2.75) is 33.8 Å². The maximum absolute atomic E-state index is 11.7. The Morgan fingerprint density at radius 3 is 2.47 bits per heavy atom. The quantitative estimate of drug-likeness (QED) is 0.817. The van der Waals surface area contributed by atoms with Crippen molar-refractivity contribution in [3.8, 4) is 0 Å². The molecule has 0 saturated heterocycles. The van der Waals surface area contributed by atoms with Crippen LogP contribution in [0.1, 0.15) is 25.0 Å². The number of nitrogens with one attached hydrogen (secondary N) is 1. The van der Waals surface area contributed by atoms with Gasteiger partial charge in [0.05, 0.1) is 0 Å². The van der Waals surface area contributed by atoms with Gasteiger partial charge in [0, 0.05) is 12.6 Å². The molecule has 0 aliphatic heterocycles. The number of amides is 1. The molecule has 0 bridgehead atoms. The van der Waals surface area contributed by atoms with E-state index in [1.165, 1.54) is 6.92 Å². The zero-order valence-corrected chi connectivity index (χ0v) is 10.5. The number of hydrogen-bond donors (Lipinski definition) is 1. The van der Waals surface area contributed by atoms with Gasteiger partial charge in [0.25, 0.3) is 5.91 Å². The summed E-state index contributed by atoms with van der Waals surface area (Å²) in [6.07, 6.45) is -0.784. The van der Waals surface area contributed by atoms with Gasteiger partial charge in [-0.1, -0.05) is 17.7 Å². The smallest absolute Gasteiger partial charge is 0.303 e. The third-order valence-corrected chi connectivity index (χ3v) is 2.35. The summed E-state index contributed by atoms with van der Waals surface area (Å²) >= 11 is 0. The number of hydrogen-bond acceptors (Lipinski definition) is 3. The summed E-state index contributed by atoms with van der Waals surface area (Å²) in [7, 11) is 0. The van der Waals surface area contributed by atoms with Gasteiger partial charge in [0.15, 0.2) is 6.10 Å². The lowest BCUT2D eigenvalue weighted by Gasteiger charge is -2.13. The van der Waals surface area contributed by atoms with Gasteiger partial charge in [-0.3, -0.25) is 9.59 Å². The first kappa shape index (κ1) is 13.2. The molecule has 0 radical (unpaired) electrons. The molecule has 4 heteroatoms. The van der Waals surface area contributed by atoms with Crippen LogP contribution in [0.5, 0.6) is 0 Å². The van der Waals surface area contributed by atoms with E-state index in [-0.39, 0.29) is 5.91 Å². The molecule has 92 valence electrons. The largest absolute Gasteiger partial charge is 0.453 e. The molecular formula is C13H17NO3. The molecule has 1 amide bonds. The van der Waals surface area contributed by atoms with Crippen LogP contribution in [0.2, 0.25) is 0 Å². The van der Waals surface area contributed by atoms with Crippen LogP contribution in [0.4, 0.5) is 5.69 Å². The average Bonchev–Trinajstić information content (AvgIpc) is 2.21. The summed E-state index contributed by atoms with van der Waals surface area (Å²) in [6.45, 7) is 6.72. The Kier molecular flexibility index (Phi) is 4.26. The number of benzene rings is 1. The summed E-state index contributed by atoms with van der Waals surface area (Å²) in [5.41, 5.74) is 2.85. The van der Waals surface area contributed by atoms with Crippen molar-refractivity contribution in [1.29, 1.82) is 0 Å². The average molecular weight is 235 g/mol. The molecule has 0 aromatic heterocycles. The minimum absolute atomic E-state index is 0.327. The lowest BCUT2D eigenvalue weighted by molar-refractivity contribution is -0.150. The van der Waals surface area contributed by atoms with Gasteiger partial charge in [-0.25, -0.2) is 0 Å². The second-order valence-corrected chi connectivity index (χ2v) is 4.06. The molecule has 1 rings (SSSR count). The van der Waals surface area contributed by atoms with E-state index in [0.717, 1.165) is 16.8 Å². The van der Waals surface area contributed by atoms with Crippen molar-refractivity contribution in [1.82, 2.24) is 0 Å². The lowest BCUT2D eigenvalue weighted by Crippen LogP contribution is -2.29. The molecule has 0 unspecified atom stereocenters. The second-order valence-electron chi connectivity index (χ2n) is 4.06. The molecule has 0 spiro atoms. The number of aryl methyl sites for hydroxylation is 2. The Balaban J connectivity index is 2.71. The Morgan fingerprint density at radius 2 is 1.94 bits per heavy atom. The molecule has 0 saturated carbocycles. The van der Waals surface area contributed by atoms with Crippen LogP contribution in [0.25, 0.3) is 0 Å². The molecular weight excluding hydrogens is 218 g/mol. The van der Waals surface area contributed by atoms with E-state index < -0.39 is 12.1 Å². The first-order chi connectivity index (χ1) is 7.90. The Bertz CT molecular complexity index is 440. The van der Waals surface area contributed by atoms with E-state index >= 15 is 0 Å². The molecule has 1 N–H and O–H groups in total. The van der Waals surface area contributed by atoms with Crippen LogP contribution < -0.4 is 5.32 Å². The van der Waals surface area contributed by atoms with Gasteiger partial charge in [-0.15, -0.1) is 0 Å². The van der Waals surface area contributed by atoms with E-state index in [1.54, 1.807) is 6.92 Å². The summed E-state index contributed by atoms with van der Waals surface area (Å²) in [6, 6.07) is 5.73. The molecule has 0 heterocycles. The highest BCUT2D eigenvalue weighted by atomic mass is 16.5. The Labute approximate surface area is 101 Å². The standard InChI is InChI=1S/C13H17NO3/c1-8-5-6-12(9(2)7-8)14-13(16)10(3)17-11(4)15/h5-7,10H,1-4H3,(H,14,16)/t10-/m0/s1. The van der Waals surface area contributed by atoms with Crippen LogP contribution in [0.3, 0.4) is 0 Å². The molecule has 0 fully saturated rings. The number of ether oxygens (including phenoxy) is 1. The zero-order valence-electron chi connectivity index (χ0n) is 10.5. The fourth-order valence-corrected chi connectivity index (χ4v) is 1.49. The van der Waals surface area contributed by atoms with Gasteiger partial charge in [0.2, 0.25) is 0 Å². The molecule has 1 aromatic carbocycles. The van der Waals surface area contributed by atoms with Crippen LogP contribution in [0.15, 0.2) is 18.2 Å². The highest BCUT2D eigenvalue weighted by molar-refractivity contribution is 5.95. The van der Waals surface area contributed by atoms with Crippen molar-refractivity contribution in [3.63, 3.8) is 0 Å². The number of rotatable bonds is 3. The minimum atomic E-state index is -0.784.